The van der Waals surface area contributed by atoms with Crippen molar-refractivity contribution < 1.29 is 13.6 Å². The van der Waals surface area contributed by atoms with Gasteiger partial charge in [0.2, 0.25) is 0 Å². The van der Waals surface area contributed by atoms with E-state index in [1.807, 2.05) is 0 Å². The van der Waals surface area contributed by atoms with Crippen LogP contribution < -0.4 is 5.32 Å². The Morgan fingerprint density at radius 2 is 1.91 bits per heavy atom. The van der Waals surface area contributed by atoms with Gasteiger partial charge in [-0.1, -0.05) is 18.6 Å². The summed E-state index contributed by atoms with van der Waals surface area (Å²) in [6.45, 7) is 4.84. The van der Waals surface area contributed by atoms with Crippen LogP contribution >= 0.6 is 0 Å². The van der Waals surface area contributed by atoms with Gasteiger partial charge >= 0.3 is 0 Å². The van der Waals surface area contributed by atoms with Crippen molar-refractivity contribution in [2.75, 3.05) is 19.6 Å². The number of halogens is 2. The summed E-state index contributed by atoms with van der Waals surface area (Å²) >= 11 is 0. The number of likely N-dealkylation sites (tertiary alicyclic amines) is 1. The van der Waals surface area contributed by atoms with Crippen LogP contribution in [0.15, 0.2) is 54.6 Å². The van der Waals surface area contributed by atoms with Gasteiger partial charge in [0, 0.05) is 24.7 Å². The molecule has 5 nitrogen and oxygen atoms in total. The molecule has 1 aromatic heterocycles. The van der Waals surface area contributed by atoms with Gasteiger partial charge in [-0.3, -0.25) is 4.79 Å². The molecule has 1 fully saturated rings. The highest BCUT2D eigenvalue weighted by Crippen LogP contribution is 2.24. The molecule has 1 aliphatic rings. The molecule has 3 aromatic rings. The van der Waals surface area contributed by atoms with Crippen LogP contribution in [0.2, 0.25) is 0 Å². The van der Waals surface area contributed by atoms with E-state index >= 15 is 0 Å². The van der Waals surface area contributed by atoms with Gasteiger partial charge in [0.25, 0.3) is 5.91 Å². The van der Waals surface area contributed by atoms with Gasteiger partial charge in [0.15, 0.2) is 0 Å². The van der Waals surface area contributed by atoms with Crippen LogP contribution in [0.4, 0.5) is 8.78 Å². The van der Waals surface area contributed by atoms with E-state index in [2.05, 4.69) is 22.2 Å². The number of hydrogen-bond donors (Lipinski definition) is 1. The number of piperidine rings is 1. The lowest BCUT2D eigenvalue weighted by Crippen LogP contribution is -2.39. The number of nitrogens with one attached hydrogen (secondary N) is 1. The van der Waals surface area contributed by atoms with Crippen molar-refractivity contribution in [3.05, 3.63) is 71.9 Å². The topological polar surface area (TPSA) is 50.2 Å². The van der Waals surface area contributed by atoms with Gasteiger partial charge in [-0.25, -0.2) is 13.5 Å². The Morgan fingerprint density at radius 3 is 2.66 bits per heavy atom. The van der Waals surface area contributed by atoms with Gasteiger partial charge in [0.05, 0.1) is 11.4 Å². The maximum atomic E-state index is 14.3. The number of carbonyl (C=O) groups excluding carboxylic acids is 1. The van der Waals surface area contributed by atoms with E-state index in [9.17, 15) is 13.6 Å². The zero-order chi connectivity index (χ0) is 22.5. The van der Waals surface area contributed by atoms with Crippen molar-refractivity contribution in [1.29, 1.82) is 0 Å². The second-order valence-electron chi connectivity index (χ2n) is 8.27. The quantitative estimate of drug-likeness (QED) is 0.539. The Bertz CT molecular complexity index is 1060. The molecule has 1 N–H and O–H groups in total. The summed E-state index contributed by atoms with van der Waals surface area (Å²) in [4.78, 5) is 15.5. The minimum Gasteiger partial charge on any atom is -0.351 e. The molecule has 7 heteroatoms. The van der Waals surface area contributed by atoms with Gasteiger partial charge in [-0.05, 0) is 75.2 Å². The van der Waals surface area contributed by atoms with Crippen molar-refractivity contribution >= 4 is 5.91 Å². The summed E-state index contributed by atoms with van der Waals surface area (Å²) in [6, 6.07) is 14.2. The maximum absolute atomic E-state index is 14.3. The Kier molecular flexibility index (Phi) is 6.95. The molecule has 0 bridgehead atoms. The van der Waals surface area contributed by atoms with E-state index in [1.54, 1.807) is 36.4 Å². The second-order valence-corrected chi connectivity index (χ2v) is 8.27. The van der Waals surface area contributed by atoms with Crippen molar-refractivity contribution in [2.24, 2.45) is 0 Å². The Morgan fingerprint density at radius 1 is 1.12 bits per heavy atom. The van der Waals surface area contributed by atoms with Crippen LogP contribution in [0, 0.1) is 11.6 Å². The van der Waals surface area contributed by atoms with Crippen LogP contribution in [0.25, 0.3) is 16.9 Å². The largest absolute Gasteiger partial charge is 0.351 e. The minimum atomic E-state index is -0.418. The fourth-order valence-corrected chi connectivity index (χ4v) is 4.19. The lowest BCUT2D eigenvalue weighted by molar-refractivity contribution is 0.0941. The standard InChI is InChI=1S/C25H28F2N4O/c1-18-7-4-5-15-30(18)16-6-14-28-25(32)24-17-23(21-8-2-3-9-22(21)27)29-31(24)20-12-10-19(26)11-13-20/h2-3,8-13,17-18H,4-7,14-16H2,1H3,(H,28,32). The first-order chi connectivity index (χ1) is 15.5. The predicted octanol–water partition coefficient (Wildman–Crippen LogP) is 4.81. The highest BCUT2D eigenvalue weighted by Gasteiger charge is 2.20. The van der Waals surface area contributed by atoms with E-state index in [1.165, 1.54) is 42.1 Å². The molecular weight excluding hydrogens is 410 g/mol. The molecule has 0 aliphatic carbocycles. The van der Waals surface area contributed by atoms with E-state index < -0.39 is 5.82 Å². The number of amides is 1. The molecule has 1 atom stereocenters. The fraction of sp³-hybridized carbons (Fsp3) is 0.360. The van der Waals surface area contributed by atoms with Gasteiger partial charge in [0.1, 0.15) is 17.3 Å². The van der Waals surface area contributed by atoms with Crippen molar-refractivity contribution in [2.45, 2.75) is 38.6 Å². The lowest BCUT2D eigenvalue weighted by atomic mass is 10.0. The maximum Gasteiger partial charge on any atom is 0.270 e. The van der Waals surface area contributed by atoms with Gasteiger partial charge in [-0.2, -0.15) is 5.10 Å². The first-order valence-electron chi connectivity index (χ1n) is 11.2. The summed E-state index contributed by atoms with van der Waals surface area (Å²) in [5.74, 6) is -1.09. The molecule has 2 heterocycles. The third-order valence-corrected chi connectivity index (χ3v) is 6.01. The van der Waals surface area contributed by atoms with Crippen LogP contribution in [0.3, 0.4) is 0 Å². The summed E-state index contributed by atoms with van der Waals surface area (Å²) < 4.78 is 29.2. The molecular formula is C25H28F2N4O. The molecule has 0 radical (unpaired) electrons. The Hall–Kier alpha value is -3.06. The normalized spacial score (nSPS) is 16.8. The van der Waals surface area contributed by atoms with E-state index in [4.69, 9.17) is 0 Å². The molecule has 1 unspecified atom stereocenters. The molecule has 1 aliphatic heterocycles. The molecule has 0 spiro atoms. The zero-order valence-corrected chi connectivity index (χ0v) is 18.2. The third kappa shape index (κ3) is 5.05. The van der Waals surface area contributed by atoms with Crippen LogP contribution in [0.1, 0.15) is 43.1 Å². The van der Waals surface area contributed by atoms with Crippen LogP contribution in [0.5, 0.6) is 0 Å². The van der Waals surface area contributed by atoms with Gasteiger partial charge < -0.3 is 10.2 Å². The van der Waals surface area contributed by atoms with Crippen molar-refractivity contribution in [3.63, 3.8) is 0 Å². The van der Waals surface area contributed by atoms with Crippen LogP contribution in [-0.4, -0.2) is 46.3 Å². The first-order valence-corrected chi connectivity index (χ1v) is 11.2. The highest BCUT2D eigenvalue weighted by atomic mass is 19.1. The first kappa shape index (κ1) is 22.1. The number of rotatable bonds is 7. The smallest absolute Gasteiger partial charge is 0.270 e. The molecule has 168 valence electrons. The highest BCUT2D eigenvalue weighted by molar-refractivity contribution is 5.94. The zero-order valence-electron chi connectivity index (χ0n) is 18.2. The SMILES string of the molecule is CC1CCCCN1CCCNC(=O)c1cc(-c2ccccc2F)nn1-c1ccc(F)cc1. The van der Waals surface area contributed by atoms with E-state index in [0.29, 0.717) is 29.5 Å². The fourth-order valence-electron chi connectivity index (χ4n) is 4.19. The summed E-state index contributed by atoms with van der Waals surface area (Å²) in [7, 11) is 0. The second kappa shape index (κ2) is 10.0. The average molecular weight is 439 g/mol. The summed E-state index contributed by atoms with van der Waals surface area (Å²) in [6.07, 6.45) is 4.58. The number of hydrogen-bond acceptors (Lipinski definition) is 3. The predicted molar refractivity (Wildman–Crippen MR) is 121 cm³/mol. The molecule has 4 rings (SSSR count). The van der Waals surface area contributed by atoms with Crippen LogP contribution in [-0.2, 0) is 0 Å². The molecule has 1 amide bonds. The van der Waals surface area contributed by atoms with E-state index in [0.717, 1.165) is 19.5 Å². The number of carbonyl (C=O) groups is 1. The summed E-state index contributed by atoms with van der Waals surface area (Å²) in [5.41, 5.74) is 1.46. The molecule has 0 saturated carbocycles. The number of aromatic nitrogens is 2. The summed E-state index contributed by atoms with van der Waals surface area (Å²) in [5, 5.41) is 7.42. The van der Waals surface area contributed by atoms with E-state index in [-0.39, 0.29) is 17.4 Å². The Labute approximate surface area is 187 Å². The number of benzene rings is 2. The molecule has 32 heavy (non-hydrogen) atoms. The number of nitrogens with zero attached hydrogens (tertiary/aromatic N) is 3. The van der Waals surface area contributed by atoms with Crippen molar-refractivity contribution in [1.82, 2.24) is 20.0 Å². The van der Waals surface area contributed by atoms with Crippen molar-refractivity contribution in [3.8, 4) is 16.9 Å². The molecule has 1 saturated heterocycles. The Balaban J connectivity index is 1.51. The average Bonchev–Trinajstić information content (AvgIpc) is 3.24. The van der Waals surface area contributed by atoms with Gasteiger partial charge in [-0.15, -0.1) is 0 Å². The lowest BCUT2D eigenvalue weighted by Gasteiger charge is -2.33. The molecule has 2 aromatic carbocycles. The minimum absolute atomic E-state index is 0.279. The monoisotopic (exact) mass is 438 g/mol. The third-order valence-electron chi connectivity index (χ3n) is 6.01.